The number of carbonyl (C=O) groups excluding carboxylic acids is 1. The predicted octanol–water partition coefficient (Wildman–Crippen LogP) is 1.91. The first-order valence-corrected chi connectivity index (χ1v) is 12.7. The Hall–Kier alpha value is -2.27. The number of carbonyl (C=O) groups is 1. The molecule has 1 saturated carbocycles. The number of aryl methyl sites for hydroxylation is 2. The Morgan fingerprint density at radius 1 is 1.07 bits per heavy atom. The summed E-state index contributed by atoms with van der Waals surface area (Å²) in [5.74, 6) is -0.285. The average molecular weight is 452 g/mol. The number of nitrogens with two attached hydrogens (primary N) is 1. The third-order valence-corrected chi connectivity index (χ3v) is 7.34. The lowest BCUT2D eigenvalue weighted by molar-refractivity contribution is -0.116. The number of rotatable bonds is 9. The van der Waals surface area contributed by atoms with E-state index < -0.39 is 20.0 Å². The number of primary sulfonamides is 1. The van der Waals surface area contributed by atoms with Gasteiger partial charge in [-0.1, -0.05) is 25.1 Å². The molecule has 0 atom stereocenters. The van der Waals surface area contributed by atoms with E-state index in [9.17, 15) is 21.6 Å². The maximum Gasteiger partial charge on any atom is 0.240 e. The summed E-state index contributed by atoms with van der Waals surface area (Å²) in [5, 5.41) is 7.93. The molecule has 0 radical (unpaired) electrons. The SMILES string of the molecule is CCc1ccc(NC(=O)CCc2ccc(S(=O)(=O)NC3CC3)cc2)cc1S(N)(=O)=O. The molecule has 162 valence electrons. The van der Waals surface area contributed by atoms with Gasteiger partial charge in [0.2, 0.25) is 26.0 Å². The highest BCUT2D eigenvalue weighted by atomic mass is 32.2. The summed E-state index contributed by atoms with van der Waals surface area (Å²) >= 11 is 0. The van der Waals surface area contributed by atoms with Gasteiger partial charge in [0.1, 0.15) is 0 Å². The number of hydrogen-bond acceptors (Lipinski definition) is 5. The summed E-state index contributed by atoms with van der Waals surface area (Å²) in [6.45, 7) is 1.82. The smallest absolute Gasteiger partial charge is 0.240 e. The monoisotopic (exact) mass is 451 g/mol. The largest absolute Gasteiger partial charge is 0.326 e. The van der Waals surface area contributed by atoms with Crippen LogP contribution in [0.5, 0.6) is 0 Å². The molecular formula is C20H25N3O5S2. The van der Waals surface area contributed by atoms with Crippen LogP contribution in [0, 0.1) is 0 Å². The normalized spacial score (nSPS) is 14.5. The second-order valence-corrected chi connectivity index (χ2v) is 10.6. The molecule has 0 aromatic heterocycles. The van der Waals surface area contributed by atoms with Gasteiger partial charge in [0.25, 0.3) is 0 Å². The molecule has 4 N–H and O–H groups in total. The van der Waals surface area contributed by atoms with Crippen molar-refractivity contribution in [2.75, 3.05) is 5.32 Å². The first-order chi connectivity index (χ1) is 14.1. The van der Waals surface area contributed by atoms with E-state index in [4.69, 9.17) is 5.14 Å². The summed E-state index contributed by atoms with van der Waals surface area (Å²) in [6.07, 6.45) is 2.81. The lowest BCUT2D eigenvalue weighted by atomic mass is 10.1. The molecule has 0 saturated heterocycles. The molecule has 3 rings (SSSR count). The number of amides is 1. The topological polar surface area (TPSA) is 135 Å². The van der Waals surface area contributed by atoms with Gasteiger partial charge in [-0.15, -0.1) is 0 Å². The van der Waals surface area contributed by atoms with Crippen molar-refractivity contribution in [3.05, 3.63) is 53.6 Å². The van der Waals surface area contributed by atoms with E-state index in [1.807, 2.05) is 6.92 Å². The van der Waals surface area contributed by atoms with Gasteiger partial charge in [-0.05, 0) is 61.1 Å². The van der Waals surface area contributed by atoms with Gasteiger partial charge in [-0.25, -0.2) is 26.7 Å². The van der Waals surface area contributed by atoms with Gasteiger partial charge in [-0.3, -0.25) is 4.79 Å². The fourth-order valence-electron chi connectivity index (χ4n) is 2.99. The van der Waals surface area contributed by atoms with Crippen LogP contribution >= 0.6 is 0 Å². The number of nitrogens with one attached hydrogen (secondary N) is 2. The van der Waals surface area contributed by atoms with Crippen molar-refractivity contribution >= 4 is 31.6 Å². The molecule has 10 heteroatoms. The van der Waals surface area contributed by atoms with E-state index in [0.29, 0.717) is 24.1 Å². The van der Waals surface area contributed by atoms with E-state index >= 15 is 0 Å². The Bertz CT molecular complexity index is 1140. The molecule has 8 nitrogen and oxygen atoms in total. The zero-order valence-corrected chi connectivity index (χ0v) is 18.2. The first-order valence-electron chi connectivity index (χ1n) is 9.65. The molecule has 1 fully saturated rings. The van der Waals surface area contributed by atoms with Crippen molar-refractivity contribution in [2.45, 2.75) is 54.9 Å². The highest BCUT2D eigenvalue weighted by Gasteiger charge is 2.27. The molecule has 0 heterocycles. The Morgan fingerprint density at radius 3 is 2.30 bits per heavy atom. The maximum atomic E-state index is 12.3. The minimum Gasteiger partial charge on any atom is -0.326 e. The van der Waals surface area contributed by atoms with Gasteiger partial charge < -0.3 is 5.32 Å². The molecule has 2 aromatic rings. The molecule has 1 aliphatic rings. The van der Waals surface area contributed by atoms with Crippen LogP contribution in [0.4, 0.5) is 5.69 Å². The van der Waals surface area contributed by atoms with E-state index in [1.54, 1.807) is 24.3 Å². The zero-order valence-electron chi connectivity index (χ0n) is 16.6. The van der Waals surface area contributed by atoms with E-state index in [2.05, 4.69) is 10.0 Å². The molecule has 2 aromatic carbocycles. The number of benzene rings is 2. The van der Waals surface area contributed by atoms with Crippen LogP contribution in [0.2, 0.25) is 0 Å². The summed E-state index contributed by atoms with van der Waals surface area (Å²) in [5.41, 5.74) is 1.76. The van der Waals surface area contributed by atoms with Crippen molar-refractivity contribution < 1.29 is 21.6 Å². The Kier molecular flexibility index (Phi) is 6.61. The van der Waals surface area contributed by atoms with Crippen molar-refractivity contribution in [3.63, 3.8) is 0 Å². The average Bonchev–Trinajstić information content (AvgIpc) is 3.49. The Labute approximate surface area is 177 Å². The minimum atomic E-state index is -3.88. The number of sulfonamides is 2. The van der Waals surface area contributed by atoms with E-state index in [1.165, 1.54) is 18.2 Å². The fourth-order valence-corrected chi connectivity index (χ4v) is 5.17. The van der Waals surface area contributed by atoms with Crippen molar-refractivity contribution in [3.8, 4) is 0 Å². The molecule has 0 bridgehead atoms. The third-order valence-electron chi connectivity index (χ3n) is 4.81. The lowest BCUT2D eigenvalue weighted by Crippen LogP contribution is -2.25. The third kappa shape index (κ3) is 5.88. The highest BCUT2D eigenvalue weighted by molar-refractivity contribution is 7.89. The molecule has 0 unspecified atom stereocenters. The lowest BCUT2D eigenvalue weighted by Gasteiger charge is -2.10. The zero-order chi connectivity index (χ0) is 21.9. The van der Waals surface area contributed by atoms with Gasteiger partial charge in [0, 0.05) is 18.2 Å². The Morgan fingerprint density at radius 2 is 1.73 bits per heavy atom. The molecule has 0 spiro atoms. The Balaban J connectivity index is 1.59. The summed E-state index contributed by atoms with van der Waals surface area (Å²) in [7, 11) is -7.38. The van der Waals surface area contributed by atoms with Crippen molar-refractivity contribution in [2.24, 2.45) is 5.14 Å². The van der Waals surface area contributed by atoms with E-state index in [0.717, 1.165) is 18.4 Å². The van der Waals surface area contributed by atoms with Crippen LogP contribution in [-0.2, 0) is 37.7 Å². The first kappa shape index (κ1) is 22.4. The van der Waals surface area contributed by atoms with Crippen LogP contribution in [0.3, 0.4) is 0 Å². The molecular weight excluding hydrogens is 426 g/mol. The molecule has 30 heavy (non-hydrogen) atoms. The second kappa shape index (κ2) is 8.84. The van der Waals surface area contributed by atoms with Crippen molar-refractivity contribution in [1.29, 1.82) is 0 Å². The van der Waals surface area contributed by atoms with Crippen molar-refractivity contribution in [1.82, 2.24) is 4.72 Å². The molecule has 1 amide bonds. The number of hydrogen-bond donors (Lipinski definition) is 3. The van der Waals surface area contributed by atoms with Crippen LogP contribution in [0.15, 0.2) is 52.3 Å². The fraction of sp³-hybridized carbons (Fsp3) is 0.350. The van der Waals surface area contributed by atoms with Gasteiger partial charge in [0.15, 0.2) is 0 Å². The highest BCUT2D eigenvalue weighted by Crippen LogP contribution is 2.23. The van der Waals surface area contributed by atoms with Crippen LogP contribution < -0.4 is 15.2 Å². The van der Waals surface area contributed by atoms with E-state index in [-0.39, 0.29) is 28.2 Å². The number of anilines is 1. The summed E-state index contributed by atoms with van der Waals surface area (Å²) in [4.78, 5) is 12.5. The summed E-state index contributed by atoms with van der Waals surface area (Å²) < 4.78 is 50.5. The second-order valence-electron chi connectivity index (χ2n) is 7.31. The van der Waals surface area contributed by atoms with Crippen LogP contribution in [-0.4, -0.2) is 28.8 Å². The van der Waals surface area contributed by atoms with Gasteiger partial charge >= 0.3 is 0 Å². The minimum absolute atomic E-state index is 0.000551. The molecule has 1 aliphatic carbocycles. The standard InChI is InChI=1S/C20H25N3O5S2/c1-2-15-6-7-17(13-19(15)29(21,25)26)22-20(24)12-5-14-3-10-18(11-4-14)30(27,28)23-16-8-9-16/h3-4,6-7,10-11,13,16,23H,2,5,8-9,12H2,1H3,(H,22,24)(H2,21,25,26). The van der Waals surface area contributed by atoms with Gasteiger partial charge in [-0.2, -0.15) is 0 Å². The quantitative estimate of drug-likeness (QED) is 0.535. The van der Waals surface area contributed by atoms with Crippen LogP contribution in [0.25, 0.3) is 0 Å². The van der Waals surface area contributed by atoms with Crippen LogP contribution in [0.1, 0.15) is 37.3 Å². The summed E-state index contributed by atoms with van der Waals surface area (Å²) in [6, 6.07) is 11.1. The predicted molar refractivity (Wildman–Crippen MR) is 114 cm³/mol. The van der Waals surface area contributed by atoms with Gasteiger partial charge in [0.05, 0.1) is 9.79 Å². The maximum absolute atomic E-state index is 12.3. The molecule has 0 aliphatic heterocycles.